The van der Waals surface area contributed by atoms with E-state index in [1.54, 1.807) is 11.8 Å². The first kappa shape index (κ1) is 13.6. The molecular weight excluding hydrogens is 316 g/mol. The van der Waals surface area contributed by atoms with Gasteiger partial charge in [0, 0.05) is 9.72 Å². The molecule has 0 aliphatic rings. The van der Waals surface area contributed by atoms with E-state index in [1.807, 2.05) is 31.2 Å². The van der Waals surface area contributed by atoms with Gasteiger partial charge >= 0.3 is 0 Å². The van der Waals surface area contributed by atoms with Gasteiger partial charge in [0.1, 0.15) is 0 Å². The molecule has 0 radical (unpaired) electrons. The molecule has 0 aliphatic carbocycles. The number of halogens is 1. The van der Waals surface area contributed by atoms with Crippen molar-refractivity contribution in [1.29, 1.82) is 0 Å². The molecule has 18 heavy (non-hydrogen) atoms. The van der Waals surface area contributed by atoms with Crippen molar-refractivity contribution in [3.8, 4) is 11.5 Å². The van der Waals surface area contributed by atoms with Gasteiger partial charge in [0.2, 0.25) is 11.8 Å². The molecule has 2 aromatic rings. The molecule has 0 bridgehead atoms. The van der Waals surface area contributed by atoms with Gasteiger partial charge in [-0.25, -0.2) is 0 Å². The van der Waals surface area contributed by atoms with E-state index in [1.165, 1.54) is 0 Å². The van der Waals surface area contributed by atoms with Gasteiger partial charge in [-0.2, -0.15) is 0 Å². The molecule has 0 amide bonds. The quantitative estimate of drug-likeness (QED) is 0.913. The summed E-state index contributed by atoms with van der Waals surface area (Å²) < 4.78 is 6.52. The third kappa shape index (κ3) is 3.34. The van der Waals surface area contributed by atoms with E-state index in [-0.39, 0.29) is 11.9 Å². The summed E-state index contributed by atoms with van der Waals surface area (Å²) in [4.78, 5) is 0. The predicted octanol–water partition coefficient (Wildman–Crippen LogP) is 3.11. The van der Waals surface area contributed by atoms with E-state index in [2.05, 4.69) is 26.1 Å². The topological polar surface area (TPSA) is 59.2 Å². The van der Waals surface area contributed by atoms with E-state index in [0.717, 1.165) is 10.0 Å². The van der Waals surface area contributed by atoms with Crippen LogP contribution >= 0.6 is 27.7 Å². The van der Waals surface area contributed by atoms with Gasteiger partial charge in [-0.05, 0) is 28.1 Å². The van der Waals surface area contributed by atoms with Crippen LogP contribution in [0.25, 0.3) is 11.5 Å². The van der Waals surface area contributed by atoms with Crippen molar-refractivity contribution in [2.24, 2.45) is 0 Å². The van der Waals surface area contributed by atoms with E-state index in [9.17, 15) is 0 Å². The Morgan fingerprint density at radius 1 is 1.39 bits per heavy atom. The molecule has 0 saturated heterocycles. The Labute approximate surface area is 118 Å². The molecule has 1 atom stereocenters. The van der Waals surface area contributed by atoms with Crippen molar-refractivity contribution in [2.45, 2.75) is 17.9 Å². The molecule has 0 fully saturated rings. The molecule has 2 rings (SSSR count). The summed E-state index contributed by atoms with van der Waals surface area (Å²) in [5.41, 5.74) is 0.886. The lowest BCUT2D eigenvalue weighted by Crippen LogP contribution is -2.02. The second-order valence-electron chi connectivity index (χ2n) is 3.78. The Morgan fingerprint density at radius 3 is 2.89 bits per heavy atom. The molecule has 1 N–H and O–H groups in total. The SMILES string of the molecule is CC(CO)SCc1nnc(-c2ccccc2Br)o1. The summed E-state index contributed by atoms with van der Waals surface area (Å²) in [6, 6.07) is 7.71. The Bertz CT molecular complexity index is 518. The highest BCUT2D eigenvalue weighted by molar-refractivity contribution is 9.10. The lowest BCUT2D eigenvalue weighted by molar-refractivity contribution is 0.300. The molecule has 4 nitrogen and oxygen atoms in total. The first-order chi connectivity index (χ1) is 8.70. The van der Waals surface area contributed by atoms with Gasteiger partial charge in [0.05, 0.1) is 17.9 Å². The maximum absolute atomic E-state index is 8.94. The fourth-order valence-electron chi connectivity index (χ4n) is 1.32. The number of hydrogen-bond acceptors (Lipinski definition) is 5. The third-order valence-electron chi connectivity index (χ3n) is 2.32. The summed E-state index contributed by atoms with van der Waals surface area (Å²) in [5, 5.41) is 17.1. The molecular formula is C12H13BrN2O2S. The van der Waals surface area contributed by atoms with E-state index >= 15 is 0 Å². The van der Waals surface area contributed by atoms with Gasteiger partial charge in [0.15, 0.2) is 0 Å². The van der Waals surface area contributed by atoms with Crippen LogP contribution in [0.2, 0.25) is 0 Å². The molecule has 0 saturated carbocycles. The van der Waals surface area contributed by atoms with Crippen molar-refractivity contribution in [3.63, 3.8) is 0 Å². The van der Waals surface area contributed by atoms with Crippen LogP contribution < -0.4 is 0 Å². The maximum atomic E-state index is 8.94. The van der Waals surface area contributed by atoms with E-state index in [4.69, 9.17) is 9.52 Å². The summed E-state index contributed by atoms with van der Waals surface area (Å²) in [5.74, 6) is 1.69. The van der Waals surface area contributed by atoms with Crippen LogP contribution in [-0.2, 0) is 5.75 Å². The fourth-order valence-corrected chi connectivity index (χ4v) is 2.43. The zero-order valence-electron chi connectivity index (χ0n) is 9.84. The molecule has 1 unspecified atom stereocenters. The largest absolute Gasteiger partial charge is 0.420 e. The second-order valence-corrected chi connectivity index (χ2v) is 6.07. The smallest absolute Gasteiger partial charge is 0.248 e. The van der Waals surface area contributed by atoms with Crippen molar-refractivity contribution in [3.05, 3.63) is 34.6 Å². The molecule has 0 spiro atoms. The first-order valence-electron chi connectivity index (χ1n) is 5.50. The number of thioether (sulfide) groups is 1. The Morgan fingerprint density at radius 2 is 2.17 bits per heavy atom. The number of nitrogens with zero attached hydrogens (tertiary/aromatic N) is 2. The minimum absolute atomic E-state index is 0.149. The van der Waals surface area contributed by atoms with E-state index in [0.29, 0.717) is 17.5 Å². The normalized spacial score (nSPS) is 12.6. The molecule has 1 heterocycles. The predicted molar refractivity (Wildman–Crippen MR) is 75.3 cm³/mol. The van der Waals surface area contributed by atoms with Gasteiger partial charge in [0.25, 0.3) is 0 Å². The molecule has 96 valence electrons. The lowest BCUT2D eigenvalue weighted by atomic mass is 10.2. The minimum Gasteiger partial charge on any atom is -0.420 e. The zero-order chi connectivity index (χ0) is 13.0. The second kappa shape index (κ2) is 6.36. The van der Waals surface area contributed by atoms with Gasteiger partial charge < -0.3 is 9.52 Å². The summed E-state index contributed by atoms with van der Waals surface area (Å²) in [6.45, 7) is 2.10. The average molecular weight is 329 g/mol. The highest BCUT2D eigenvalue weighted by atomic mass is 79.9. The fraction of sp³-hybridized carbons (Fsp3) is 0.333. The summed E-state index contributed by atoms with van der Waals surface area (Å²) in [6.07, 6.45) is 0. The Kier molecular flexibility index (Phi) is 4.79. The van der Waals surface area contributed by atoms with Crippen LogP contribution in [0.5, 0.6) is 0 Å². The molecule has 6 heteroatoms. The Hall–Kier alpha value is -0.850. The summed E-state index contributed by atoms with van der Waals surface area (Å²) in [7, 11) is 0. The standard InChI is InChI=1S/C12H13BrN2O2S/c1-8(6-16)18-7-11-14-15-12(17-11)9-4-2-3-5-10(9)13/h2-5,8,16H,6-7H2,1H3. The zero-order valence-corrected chi connectivity index (χ0v) is 12.2. The number of aromatic nitrogens is 2. The number of rotatable bonds is 5. The van der Waals surface area contributed by atoms with Crippen molar-refractivity contribution in [1.82, 2.24) is 10.2 Å². The van der Waals surface area contributed by atoms with Gasteiger partial charge in [-0.3, -0.25) is 0 Å². The van der Waals surface area contributed by atoms with Crippen LogP contribution in [-0.4, -0.2) is 27.2 Å². The third-order valence-corrected chi connectivity index (χ3v) is 4.14. The van der Waals surface area contributed by atoms with E-state index < -0.39 is 0 Å². The first-order valence-corrected chi connectivity index (χ1v) is 7.34. The molecule has 1 aromatic carbocycles. The molecule has 0 aliphatic heterocycles. The molecule has 1 aromatic heterocycles. The van der Waals surface area contributed by atoms with Crippen LogP contribution in [0.15, 0.2) is 33.2 Å². The highest BCUT2D eigenvalue weighted by Gasteiger charge is 2.12. The lowest BCUT2D eigenvalue weighted by Gasteiger charge is -2.03. The van der Waals surface area contributed by atoms with Crippen LogP contribution in [0.3, 0.4) is 0 Å². The van der Waals surface area contributed by atoms with Crippen LogP contribution in [0.1, 0.15) is 12.8 Å². The monoisotopic (exact) mass is 328 g/mol. The van der Waals surface area contributed by atoms with Gasteiger partial charge in [-0.1, -0.05) is 19.1 Å². The highest BCUT2D eigenvalue weighted by Crippen LogP contribution is 2.27. The number of aliphatic hydroxyl groups is 1. The van der Waals surface area contributed by atoms with Crippen molar-refractivity contribution in [2.75, 3.05) is 6.61 Å². The summed E-state index contributed by atoms with van der Waals surface area (Å²) >= 11 is 5.03. The van der Waals surface area contributed by atoms with Crippen molar-refractivity contribution < 1.29 is 9.52 Å². The number of hydrogen-bond donors (Lipinski definition) is 1. The maximum Gasteiger partial charge on any atom is 0.248 e. The minimum atomic E-state index is 0.149. The van der Waals surface area contributed by atoms with Crippen LogP contribution in [0.4, 0.5) is 0 Å². The van der Waals surface area contributed by atoms with Crippen LogP contribution in [0, 0.1) is 0 Å². The number of aliphatic hydroxyl groups excluding tert-OH is 1. The Balaban J connectivity index is 2.09. The average Bonchev–Trinajstić information content (AvgIpc) is 2.85. The van der Waals surface area contributed by atoms with Crippen molar-refractivity contribution >= 4 is 27.7 Å². The van der Waals surface area contributed by atoms with Gasteiger partial charge in [-0.15, -0.1) is 22.0 Å². The number of benzene rings is 1.